The molecule has 1 aromatic carbocycles. The van der Waals surface area contributed by atoms with Crippen molar-refractivity contribution in [2.45, 2.75) is 19.0 Å². The second kappa shape index (κ2) is 5.92. The minimum atomic E-state index is -0.459. The summed E-state index contributed by atoms with van der Waals surface area (Å²) < 4.78 is 10.4. The monoisotopic (exact) mass is 278 g/mol. The number of imide groups is 1. The van der Waals surface area contributed by atoms with Crippen molar-refractivity contribution in [1.29, 1.82) is 0 Å². The highest BCUT2D eigenvalue weighted by Gasteiger charge is 2.35. The first-order valence-corrected chi connectivity index (χ1v) is 6.31. The molecule has 0 radical (unpaired) electrons. The van der Waals surface area contributed by atoms with E-state index in [1.807, 2.05) is 12.1 Å². The number of carbonyl (C=O) groups is 2. The maximum absolute atomic E-state index is 11.8. The van der Waals surface area contributed by atoms with E-state index < -0.39 is 6.04 Å². The van der Waals surface area contributed by atoms with E-state index in [-0.39, 0.29) is 18.2 Å². The van der Waals surface area contributed by atoms with Gasteiger partial charge in [-0.1, -0.05) is 6.07 Å². The zero-order chi connectivity index (χ0) is 14.7. The first-order chi connectivity index (χ1) is 9.56. The molecule has 1 aliphatic rings. The average molecular weight is 278 g/mol. The van der Waals surface area contributed by atoms with Gasteiger partial charge in [0.1, 0.15) is 11.5 Å². The summed E-state index contributed by atoms with van der Waals surface area (Å²) in [5.74, 6) is 1.04. The molecule has 1 N–H and O–H groups in total. The standard InChI is InChI=1S/C14H18N2O4/c1-16-13(17)7-11(14(16)18)15-8-9-4-5-10(19-2)6-12(9)20-3/h4-6,11,15H,7-8H2,1-3H3. The van der Waals surface area contributed by atoms with Crippen LogP contribution in [0.3, 0.4) is 0 Å². The Balaban J connectivity index is 2.04. The Morgan fingerprint density at radius 2 is 2.05 bits per heavy atom. The third kappa shape index (κ3) is 2.75. The van der Waals surface area contributed by atoms with Crippen LogP contribution in [0.1, 0.15) is 12.0 Å². The van der Waals surface area contributed by atoms with Gasteiger partial charge in [-0.05, 0) is 6.07 Å². The van der Waals surface area contributed by atoms with Crippen molar-refractivity contribution in [2.24, 2.45) is 0 Å². The summed E-state index contributed by atoms with van der Waals surface area (Å²) in [6, 6.07) is 5.02. The number of hydrogen-bond donors (Lipinski definition) is 1. The number of amides is 2. The van der Waals surface area contributed by atoms with E-state index in [4.69, 9.17) is 9.47 Å². The third-order valence-corrected chi connectivity index (χ3v) is 3.41. The highest BCUT2D eigenvalue weighted by Crippen LogP contribution is 2.24. The van der Waals surface area contributed by atoms with Crippen molar-refractivity contribution in [3.63, 3.8) is 0 Å². The van der Waals surface area contributed by atoms with Gasteiger partial charge in [0, 0.05) is 25.2 Å². The molecule has 1 unspecified atom stereocenters. The summed E-state index contributed by atoms with van der Waals surface area (Å²) in [4.78, 5) is 24.4. The number of carbonyl (C=O) groups excluding carboxylic acids is 2. The Morgan fingerprint density at radius 3 is 2.60 bits per heavy atom. The smallest absolute Gasteiger partial charge is 0.246 e. The fraction of sp³-hybridized carbons (Fsp3) is 0.429. The van der Waals surface area contributed by atoms with Gasteiger partial charge in [-0.15, -0.1) is 0 Å². The predicted molar refractivity (Wildman–Crippen MR) is 72.6 cm³/mol. The maximum atomic E-state index is 11.8. The number of hydrogen-bond acceptors (Lipinski definition) is 5. The van der Waals surface area contributed by atoms with Gasteiger partial charge in [0.2, 0.25) is 11.8 Å². The Bertz CT molecular complexity index is 530. The molecule has 0 bridgehead atoms. The molecule has 2 rings (SSSR count). The molecule has 1 atom stereocenters. The van der Waals surface area contributed by atoms with Gasteiger partial charge in [0.25, 0.3) is 0 Å². The third-order valence-electron chi connectivity index (χ3n) is 3.41. The van der Waals surface area contributed by atoms with E-state index in [1.165, 1.54) is 7.05 Å². The lowest BCUT2D eigenvalue weighted by Gasteiger charge is -2.14. The number of likely N-dealkylation sites (tertiary alicyclic amines) is 1. The number of nitrogens with zero attached hydrogens (tertiary/aromatic N) is 1. The molecule has 0 spiro atoms. The normalized spacial score (nSPS) is 18.6. The quantitative estimate of drug-likeness (QED) is 0.797. The highest BCUT2D eigenvalue weighted by atomic mass is 16.5. The zero-order valence-corrected chi connectivity index (χ0v) is 11.8. The molecular weight excluding hydrogens is 260 g/mol. The van der Waals surface area contributed by atoms with Gasteiger partial charge < -0.3 is 14.8 Å². The van der Waals surface area contributed by atoms with Gasteiger partial charge >= 0.3 is 0 Å². The average Bonchev–Trinajstić information content (AvgIpc) is 2.72. The van der Waals surface area contributed by atoms with Crippen molar-refractivity contribution >= 4 is 11.8 Å². The van der Waals surface area contributed by atoms with Gasteiger partial charge in [0.15, 0.2) is 0 Å². The Labute approximate surface area is 117 Å². The molecule has 6 heteroatoms. The molecule has 0 aromatic heterocycles. The molecule has 1 saturated heterocycles. The molecule has 108 valence electrons. The highest BCUT2D eigenvalue weighted by molar-refractivity contribution is 6.05. The maximum Gasteiger partial charge on any atom is 0.246 e. The summed E-state index contributed by atoms with van der Waals surface area (Å²) in [6.45, 7) is 0.449. The summed E-state index contributed by atoms with van der Waals surface area (Å²) in [5.41, 5.74) is 0.906. The summed E-state index contributed by atoms with van der Waals surface area (Å²) in [5, 5.41) is 3.09. The van der Waals surface area contributed by atoms with Crippen LogP contribution in [0.4, 0.5) is 0 Å². The molecule has 1 heterocycles. The Hall–Kier alpha value is -2.08. The second-order valence-electron chi connectivity index (χ2n) is 4.61. The van der Waals surface area contributed by atoms with Crippen molar-refractivity contribution in [1.82, 2.24) is 10.2 Å². The topological polar surface area (TPSA) is 67.9 Å². The van der Waals surface area contributed by atoms with Crippen LogP contribution in [-0.2, 0) is 16.1 Å². The lowest BCUT2D eigenvalue weighted by molar-refractivity contribution is -0.137. The summed E-state index contributed by atoms with van der Waals surface area (Å²) in [6.07, 6.45) is 0.202. The Kier molecular flexibility index (Phi) is 4.24. The largest absolute Gasteiger partial charge is 0.497 e. The molecule has 1 fully saturated rings. The van der Waals surface area contributed by atoms with Gasteiger partial charge in [0.05, 0.1) is 26.7 Å². The van der Waals surface area contributed by atoms with Crippen LogP contribution in [0.25, 0.3) is 0 Å². The van der Waals surface area contributed by atoms with Crippen LogP contribution >= 0.6 is 0 Å². The second-order valence-corrected chi connectivity index (χ2v) is 4.61. The lowest BCUT2D eigenvalue weighted by Crippen LogP contribution is -2.36. The van der Waals surface area contributed by atoms with E-state index in [0.717, 1.165) is 10.5 Å². The number of methoxy groups -OCH3 is 2. The van der Waals surface area contributed by atoms with Crippen LogP contribution in [0.5, 0.6) is 11.5 Å². The fourth-order valence-electron chi connectivity index (χ4n) is 2.15. The molecule has 0 aliphatic carbocycles. The molecular formula is C14H18N2O4. The molecule has 2 amide bonds. The first-order valence-electron chi connectivity index (χ1n) is 6.31. The van der Waals surface area contributed by atoms with E-state index in [9.17, 15) is 9.59 Å². The van der Waals surface area contributed by atoms with Crippen molar-refractivity contribution in [3.05, 3.63) is 23.8 Å². The SMILES string of the molecule is COc1ccc(CNC2CC(=O)N(C)C2=O)c(OC)c1. The van der Waals surface area contributed by atoms with E-state index in [0.29, 0.717) is 18.0 Å². The number of ether oxygens (including phenoxy) is 2. The van der Waals surface area contributed by atoms with Crippen molar-refractivity contribution in [2.75, 3.05) is 21.3 Å². The number of benzene rings is 1. The van der Waals surface area contributed by atoms with Gasteiger partial charge in [-0.25, -0.2) is 0 Å². The minimum Gasteiger partial charge on any atom is -0.497 e. The number of likely N-dealkylation sites (N-methyl/N-ethyl adjacent to an activating group) is 1. The van der Waals surface area contributed by atoms with E-state index >= 15 is 0 Å². The van der Waals surface area contributed by atoms with Crippen LogP contribution < -0.4 is 14.8 Å². The number of rotatable bonds is 5. The lowest BCUT2D eigenvalue weighted by atomic mass is 10.1. The van der Waals surface area contributed by atoms with E-state index in [1.54, 1.807) is 20.3 Å². The minimum absolute atomic E-state index is 0.158. The summed E-state index contributed by atoms with van der Waals surface area (Å²) in [7, 11) is 4.67. The zero-order valence-electron chi connectivity index (χ0n) is 11.8. The Morgan fingerprint density at radius 1 is 1.30 bits per heavy atom. The van der Waals surface area contributed by atoms with E-state index in [2.05, 4.69) is 5.32 Å². The van der Waals surface area contributed by atoms with Crippen LogP contribution in [0, 0.1) is 0 Å². The molecule has 0 saturated carbocycles. The van der Waals surface area contributed by atoms with Crippen LogP contribution in [-0.4, -0.2) is 44.0 Å². The number of nitrogens with one attached hydrogen (secondary N) is 1. The molecule has 1 aromatic rings. The van der Waals surface area contributed by atoms with Gasteiger partial charge in [-0.2, -0.15) is 0 Å². The molecule has 20 heavy (non-hydrogen) atoms. The molecule has 1 aliphatic heterocycles. The van der Waals surface area contributed by atoms with Crippen LogP contribution in [0.15, 0.2) is 18.2 Å². The fourth-order valence-corrected chi connectivity index (χ4v) is 2.15. The predicted octanol–water partition coefficient (Wildman–Crippen LogP) is 0.551. The summed E-state index contributed by atoms with van der Waals surface area (Å²) >= 11 is 0. The van der Waals surface area contributed by atoms with Crippen molar-refractivity contribution in [3.8, 4) is 11.5 Å². The van der Waals surface area contributed by atoms with Gasteiger partial charge in [-0.3, -0.25) is 14.5 Å². The van der Waals surface area contributed by atoms with Crippen LogP contribution in [0.2, 0.25) is 0 Å². The first kappa shape index (κ1) is 14.3. The molecule has 6 nitrogen and oxygen atoms in total. The van der Waals surface area contributed by atoms with Crippen molar-refractivity contribution < 1.29 is 19.1 Å².